The number of aromatic nitrogens is 3. The summed E-state index contributed by atoms with van der Waals surface area (Å²) in [6.45, 7) is 4.93. The van der Waals surface area contributed by atoms with Gasteiger partial charge in [-0.1, -0.05) is 31.2 Å². The number of halogens is 3. The van der Waals surface area contributed by atoms with E-state index in [0.29, 0.717) is 12.1 Å². The van der Waals surface area contributed by atoms with Gasteiger partial charge in [-0.15, -0.1) is 0 Å². The number of carbonyl (C=O) groups excluding carboxylic acids is 1. The van der Waals surface area contributed by atoms with Gasteiger partial charge in [0.15, 0.2) is 0 Å². The normalized spacial score (nSPS) is 12.4. The first-order valence-electron chi connectivity index (χ1n) is 10.3. The van der Waals surface area contributed by atoms with Gasteiger partial charge in [0, 0.05) is 6.04 Å². The fourth-order valence-corrected chi connectivity index (χ4v) is 3.15. The Labute approximate surface area is 187 Å². The maximum Gasteiger partial charge on any atom is 0.416 e. The lowest BCUT2D eigenvalue weighted by molar-refractivity contribution is -0.137. The Balaban J connectivity index is 2.19. The molecule has 0 aliphatic carbocycles. The number of alkyl halides is 3. The van der Waals surface area contributed by atoms with Crippen LogP contribution in [0.25, 0.3) is 5.69 Å². The van der Waals surface area contributed by atoms with Gasteiger partial charge in [-0.2, -0.15) is 23.0 Å². The summed E-state index contributed by atoms with van der Waals surface area (Å²) in [5.41, 5.74) is -2.08. The van der Waals surface area contributed by atoms with Crippen molar-refractivity contribution in [2.75, 3.05) is 0 Å². The highest BCUT2D eigenvalue weighted by Crippen LogP contribution is 2.29. The van der Waals surface area contributed by atoms with Gasteiger partial charge in [-0.25, -0.2) is 4.79 Å². The molecule has 1 atom stereocenters. The molecule has 0 bridgehead atoms. The summed E-state index contributed by atoms with van der Waals surface area (Å²) in [5.74, 6) is -0.770. The maximum absolute atomic E-state index is 13.2. The van der Waals surface area contributed by atoms with Crippen molar-refractivity contribution in [3.63, 3.8) is 0 Å². The van der Waals surface area contributed by atoms with Crippen LogP contribution in [0.3, 0.4) is 0 Å². The van der Waals surface area contributed by atoms with Crippen LogP contribution in [0.2, 0.25) is 0 Å². The van der Waals surface area contributed by atoms with Crippen LogP contribution in [-0.4, -0.2) is 26.3 Å². The van der Waals surface area contributed by atoms with Crippen molar-refractivity contribution >= 4 is 5.91 Å². The van der Waals surface area contributed by atoms with E-state index in [1.54, 1.807) is 38.1 Å². The van der Waals surface area contributed by atoms with Crippen molar-refractivity contribution in [3.05, 3.63) is 91.8 Å². The van der Waals surface area contributed by atoms with Crippen molar-refractivity contribution in [1.82, 2.24) is 19.7 Å². The molecule has 0 spiro atoms. The number of nitrogens with zero attached hydrogens (tertiary/aromatic N) is 3. The molecule has 0 radical (unpaired) electrons. The summed E-state index contributed by atoms with van der Waals surface area (Å²) in [5, 5.41) is 6.65. The molecule has 0 saturated carbocycles. The molecular weight excluding hydrogens is 437 g/mol. The van der Waals surface area contributed by atoms with E-state index in [1.165, 1.54) is 12.1 Å². The lowest BCUT2D eigenvalue weighted by atomic mass is 10.1. The second-order valence-corrected chi connectivity index (χ2v) is 7.75. The van der Waals surface area contributed by atoms with Crippen molar-refractivity contribution in [2.45, 2.75) is 46.0 Å². The van der Waals surface area contributed by atoms with Crippen LogP contribution in [0.4, 0.5) is 13.2 Å². The molecule has 0 fully saturated rings. The smallest absolute Gasteiger partial charge is 0.348 e. The SMILES string of the molecule is CC[C@@H](C)NC(=O)c1nn(-c2cccc(C)c2)c(=O)n(Cc2cccc(C(F)(F)F)c2)c1=O. The Morgan fingerprint density at radius 3 is 2.45 bits per heavy atom. The topological polar surface area (TPSA) is 86.0 Å². The molecule has 0 aliphatic rings. The van der Waals surface area contributed by atoms with Gasteiger partial charge in [-0.05, 0) is 55.7 Å². The van der Waals surface area contributed by atoms with E-state index < -0.39 is 41.1 Å². The van der Waals surface area contributed by atoms with Gasteiger partial charge < -0.3 is 5.32 Å². The minimum atomic E-state index is -4.58. The number of rotatable bonds is 6. The third-order valence-corrected chi connectivity index (χ3v) is 5.11. The van der Waals surface area contributed by atoms with Crippen molar-refractivity contribution < 1.29 is 18.0 Å². The number of nitrogens with one attached hydrogen (secondary N) is 1. The highest BCUT2D eigenvalue weighted by atomic mass is 19.4. The monoisotopic (exact) mass is 460 g/mol. The van der Waals surface area contributed by atoms with Crippen LogP contribution in [0.5, 0.6) is 0 Å². The second kappa shape index (κ2) is 9.43. The van der Waals surface area contributed by atoms with E-state index >= 15 is 0 Å². The molecule has 0 aliphatic heterocycles. The Hall–Kier alpha value is -3.69. The Kier molecular flexibility index (Phi) is 6.85. The molecule has 3 aromatic rings. The average molecular weight is 460 g/mol. The van der Waals surface area contributed by atoms with Crippen LogP contribution in [0, 0.1) is 6.92 Å². The number of aryl methyl sites for hydroxylation is 1. The van der Waals surface area contributed by atoms with E-state index in [2.05, 4.69) is 10.4 Å². The molecule has 0 unspecified atom stereocenters. The van der Waals surface area contributed by atoms with E-state index in [4.69, 9.17) is 0 Å². The Bertz CT molecular complexity index is 1300. The second-order valence-electron chi connectivity index (χ2n) is 7.75. The zero-order chi connectivity index (χ0) is 24.3. The molecular formula is C23H23F3N4O3. The van der Waals surface area contributed by atoms with E-state index in [9.17, 15) is 27.6 Å². The summed E-state index contributed by atoms with van der Waals surface area (Å²) in [7, 11) is 0. The fourth-order valence-electron chi connectivity index (χ4n) is 3.15. The lowest BCUT2D eigenvalue weighted by Crippen LogP contribution is -2.47. The molecule has 10 heteroatoms. The minimum absolute atomic E-state index is 0.0827. The summed E-state index contributed by atoms with van der Waals surface area (Å²) in [6.07, 6.45) is -3.98. The molecule has 0 saturated heterocycles. The molecule has 1 N–H and O–H groups in total. The van der Waals surface area contributed by atoms with Crippen LogP contribution < -0.4 is 16.6 Å². The molecule has 1 aromatic heterocycles. The third kappa shape index (κ3) is 5.39. The van der Waals surface area contributed by atoms with Crippen LogP contribution in [0.1, 0.15) is 47.4 Å². The molecule has 33 heavy (non-hydrogen) atoms. The maximum atomic E-state index is 13.2. The summed E-state index contributed by atoms with van der Waals surface area (Å²) in [6, 6.07) is 10.8. The lowest BCUT2D eigenvalue weighted by Gasteiger charge is -2.15. The first kappa shape index (κ1) is 24.0. The molecule has 2 aromatic carbocycles. The fraction of sp³-hybridized carbons (Fsp3) is 0.304. The van der Waals surface area contributed by atoms with Gasteiger partial charge in [0.05, 0.1) is 17.8 Å². The number of hydrogen-bond acceptors (Lipinski definition) is 4. The number of amides is 1. The van der Waals surface area contributed by atoms with Crippen molar-refractivity contribution in [2.24, 2.45) is 0 Å². The quantitative estimate of drug-likeness (QED) is 0.612. The van der Waals surface area contributed by atoms with Crippen LogP contribution in [-0.2, 0) is 12.7 Å². The predicted molar refractivity (Wildman–Crippen MR) is 117 cm³/mol. The zero-order valence-electron chi connectivity index (χ0n) is 18.3. The average Bonchev–Trinajstić information content (AvgIpc) is 2.76. The molecule has 174 valence electrons. The summed E-state index contributed by atoms with van der Waals surface area (Å²) in [4.78, 5) is 38.9. The molecule has 3 rings (SSSR count). The molecule has 1 amide bonds. The first-order chi connectivity index (χ1) is 15.5. The van der Waals surface area contributed by atoms with E-state index in [0.717, 1.165) is 26.9 Å². The van der Waals surface area contributed by atoms with Gasteiger partial charge in [0.2, 0.25) is 5.69 Å². The highest BCUT2D eigenvalue weighted by molar-refractivity contribution is 5.91. The predicted octanol–water partition coefficient (Wildman–Crippen LogP) is 3.30. The highest BCUT2D eigenvalue weighted by Gasteiger charge is 2.30. The number of hydrogen-bond donors (Lipinski definition) is 1. The Morgan fingerprint density at radius 1 is 1.12 bits per heavy atom. The molecule has 7 nitrogen and oxygen atoms in total. The van der Waals surface area contributed by atoms with Gasteiger partial charge >= 0.3 is 11.9 Å². The number of benzene rings is 2. The van der Waals surface area contributed by atoms with E-state index in [-0.39, 0.29) is 11.6 Å². The van der Waals surface area contributed by atoms with E-state index in [1.807, 2.05) is 6.92 Å². The largest absolute Gasteiger partial charge is 0.416 e. The summed E-state index contributed by atoms with van der Waals surface area (Å²) < 4.78 is 41.0. The van der Waals surface area contributed by atoms with Crippen molar-refractivity contribution in [1.29, 1.82) is 0 Å². The third-order valence-electron chi connectivity index (χ3n) is 5.11. The van der Waals surface area contributed by atoms with Gasteiger partial charge in [-0.3, -0.25) is 14.2 Å². The zero-order valence-corrected chi connectivity index (χ0v) is 18.3. The Morgan fingerprint density at radius 2 is 1.82 bits per heavy atom. The molecule has 1 heterocycles. The minimum Gasteiger partial charge on any atom is -0.348 e. The first-order valence-corrected chi connectivity index (χ1v) is 10.3. The number of carbonyl (C=O) groups is 1. The van der Waals surface area contributed by atoms with Crippen LogP contribution >= 0.6 is 0 Å². The standard InChI is InChI=1S/C23H23F3N4O3/c1-4-15(3)27-20(31)19-21(32)29(13-16-8-6-9-17(12-16)23(24,25)26)22(33)30(28-19)18-10-5-7-14(2)11-18/h5-12,15H,4,13H2,1-3H3,(H,27,31)/t15-/m1/s1. The van der Waals surface area contributed by atoms with Gasteiger partial charge in [0.25, 0.3) is 11.5 Å². The van der Waals surface area contributed by atoms with Crippen molar-refractivity contribution in [3.8, 4) is 5.69 Å². The van der Waals surface area contributed by atoms with Crippen LogP contribution in [0.15, 0.2) is 58.1 Å². The summed E-state index contributed by atoms with van der Waals surface area (Å²) >= 11 is 0. The van der Waals surface area contributed by atoms with Gasteiger partial charge in [0.1, 0.15) is 0 Å².